The molecule has 4 aromatic rings. The first-order valence-corrected chi connectivity index (χ1v) is 10.6. The van der Waals surface area contributed by atoms with Gasteiger partial charge in [-0.1, -0.05) is 18.2 Å². The summed E-state index contributed by atoms with van der Waals surface area (Å²) in [5.74, 6) is -0.228. The maximum Gasteiger partial charge on any atom is 0.277 e. The third kappa shape index (κ3) is 4.04. The minimum absolute atomic E-state index is 0.225. The van der Waals surface area contributed by atoms with Crippen LogP contribution in [0.4, 0.5) is 0 Å². The average molecular weight is 435 g/mol. The number of aromatic nitrogens is 5. The van der Waals surface area contributed by atoms with E-state index in [-0.39, 0.29) is 11.5 Å². The van der Waals surface area contributed by atoms with Crippen molar-refractivity contribution in [3.8, 4) is 16.3 Å². The summed E-state index contributed by atoms with van der Waals surface area (Å²) in [6, 6.07) is 9.77. The molecule has 0 aliphatic heterocycles. The number of carbonyl (C=O) groups excluding carboxylic acids is 1. The smallest absolute Gasteiger partial charge is 0.277 e. The molecule has 3 aromatic heterocycles. The van der Waals surface area contributed by atoms with Gasteiger partial charge in [-0.2, -0.15) is 10.2 Å². The molecule has 9 heteroatoms. The van der Waals surface area contributed by atoms with E-state index < -0.39 is 0 Å². The fourth-order valence-corrected chi connectivity index (χ4v) is 4.33. The summed E-state index contributed by atoms with van der Waals surface area (Å²) in [4.78, 5) is 30.4. The van der Waals surface area contributed by atoms with Crippen molar-refractivity contribution < 1.29 is 4.79 Å². The molecule has 31 heavy (non-hydrogen) atoms. The number of para-hydroxylation sites is 1. The molecule has 0 aliphatic carbocycles. The zero-order chi connectivity index (χ0) is 22.1. The molecule has 0 spiro atoms. The van der Waals surface area contributed by atoms with Crippen molar-refractivity contribution in [2.24, 2.45) is 7.05 Å². The highest BCUT2D eigenvalue weighted by atomic mass is 32.1. The van der Waals surface area contributed by atoms with Crippen LogP contribution in [0.3, 0.4) is 0 Å². The van der Waals surface area contributed by atoms with Gasteiger partial charge in [0.05, 0.1) is 28.8 Å². The number of amides is 1. The molecule has 0 bridgehead atoms. The van der Waals surface area contributed by atoms with Crippen LogP contribution in [0.1, 0.15) is 32.2 Å². The molecule has 0 saturated heterocycles. The molecule has 0 saturated carbocycles. The van der Waals surface area contributed by atoms with Gasteiger partial charge < -0.3 is 5.32 Å². The lowest BCUT2D eigenvalue weighted by Gasteiger charge is -2.07. The second kappa shape index (κ2) is 8.27. The molecule has 4 rings (SSSR count). The van der Waals surface area contributed by atoms with Crippen LogP contribution in [0.25, 0.3) is 16.3 Å². The van der Waals surface area contributed by atoms with Gasteiger partial charge in [0.2, 0.25) is 0 Å². The van der Waals surface area contributed by atoms with Crippen molar-refractivity contribution in [3.63, 3.8) is 0 Å². The Hall–Kier alpha value is -3.59. The Morgan fingerprint density at radius 2 is 1.87 bits per heavy atom. The molecular formula is C22H22N6O2S. The van der Waals surface area contributed by atoms with E-state index in [0.717, 1.165) is 22.5 Å². The van der Waals surface area contributed by atoms with E-state index in [1.54, 1.807) is 24.9 Å². The van der Waals surface area contributed by atoms with Gasteiger partial charge in [-0.15, -0.1) is 11.3 Å². The zero-order valence-electron chi connectivity index (χ0n) is 17.7. The Labute approximate surface area is 183 Å². The van der Waals surface area contributed by atoms with Gasteiger partial charge in [-0.25, -0.2) is 14.3 Å². The number of aryl methyl sites for hydroxylation is 3. The summed E-state index contributed by atoms with van der Waals surface area (Å²) >= 11 is 1.22. The predicted molar refractivity (Wildman–Crippen MR) is 120 cm³/mol. The minimum atomic E-state index is -0.228. The van der Waals surface area contributed by atoms with Crippen LogP contribution >= 0.6 is 11.3 Å². The van der Waals surface area contributed by atoms with E-state index in [0.29, 0.717) is 27.7 Å². The van der Waals surface area contributed by atoms with Gasteiger partial charge in [-0.3, -0.25) is 9.59 Å². The lowest BCUT2D eigenvalue weighted by molar-refractivity contribution is 0.0954. The van der Waals surface area contributed by atoms with E-state index in [1.165, 1.54) is 16.0 Å². The maximum absolute atomic E-state index is 12.8. The lowest BCUT2D eigenvalue weighted by atomic mass is 10.1. The fourth-order valence-electron chi connectivity index (χ4n) is 3.25. The number of hydrogen-bond donors (Lipinski definition) is 1. The Morgan fingerprint density at radius 3 is 2.61 bits per heavy atom. The van der Waals surface area contributed by atoms with E-state index in [2.05, 4.69) is 20.5 Å². The third-order valence-electron chi connectivity index (χ3n) is 5.05. The van der Waals surface area contributed by atoms with Crippen LogP contribution in [0.2, 0.25) is 0 Å². The number of nitrogens with zero attached hydrogens (tertiary/aromatic N) is 5. The van der Waals surface area contributed by atoms with E-state index >= 15 is 0 Å². The van der Waals surface area contributed by atoms with Crippen LogP contribution in [-0.4, -0.2) is 30.5 Å². The number of carbonyl (C=O) groups is 1. The predicted octanol–water partition coefficient (Wildman–Crippen LogP) is 2.94. The maximum atomic E-state index is 12.8. The van der Waals surface area contributed by atoms with Crippen molar-refractivity contribution in [1.29, 1.82) is 0 Å². The summed E-state index contributed by atoms with van der Waals surface area (Å²) in [6.45, 7) is 5.81. The Morgan fingerprint density at radius 1 is 1.13 bits per heavy atom. The van der Waals surface area contributed by atoms with E-state index in [1.807, 2.05) is 50.4 Å². The summed E-state index contributed by atoms with van der Waals surface area (Å²) in [5.41, 5.74) is 4.22. The van der Waals surface area contributed by atoms with Crippen molar-refractivity contribution >= 4 is 17.2 Å². The number of hydrogen-bond acceptors (Lipinski definition) is 6. The first-order valence-electron chi connectivity index (χ1n) is 9.74. The first kappa shape index (κ1) is 20.7. The van der Waals surface area contributed by atoms with Gasteiger partial charge in [0.15, 0.2) is 0 Å². The Balaban J connectivity index is 1.53. The molecule has 158 valence electrons. The molecule has 0 atom stereocenters. The van der Waals surface area contributed by atoms with Crippen molar-refractivity contribution in [1.82, 2.24) is 29.9 Å². The summed E-state index contributed by atoms with van der Waals surface area (Å²) < 4.78 is 3.07. The number of benzene rings is 1. The summed E-state index contributed by atoms with van der Waals surface area (Å²) in [7, 11) is 1.61. The molecule has 1 amide bonds. The molecule has 0 unspecified atom stereocenters. The standard InChI is InChI=1S/C22H22N6O2S/c1-13-14(2)26-27(4)22(30)18(13)21-25-15(3)19(31-21)20(29)23-10-16-11-24-28(12-16)17-8-6-5-7-9-17/h5-9,11-12H,10H2,1-4H3,(H,23,29). The van der Waals surface area contributed by atoms with Crippen LogP contribution in [0.5, 0.6) is 0 Å². The highest BCUT2D eigenvalue weighted by molar-refractivity contribution is 7.17. The third-order valence-corrected chi connectivity index (χ3v) is 6.23. The van der Waals surface area contributed by atoms with Gasteiger partial charge >= 0.3 is 0 Å². The van der Waals surface area contributed by atoms with E-state index in [9.17, 15) is 9.59 Å². The molecule has 8 nitrogen and oxygen atoms in total. The summed E-state index contributed by atoms with van der Waals surface area (Å²) in [5, 5.41) is 12.0. The number of rotatable bonds is 5. The topological polar surface area (TPSA) is 94.7 Å². The molecule has 1 N–H and O–H groups in total. The largest absolute Gasteiger partial charge is 0.347 e. The quantitative estimate of drug-likeness (QED) is 0.521. The highest BCUT2D eigenvalue weighted by Gasteiger charge is 2.21. The number of thiazole rings is 1. The Kier molecular flexibility index (Phi) is 5.51. The fraction of sp³-hybridized carbons (Fsp3) is 0.227. The minimum Gasteiger partial charge on any atom is -0.347 e. The Bertz CT molecular complexity index is 1320. The van der Waals surface area contributed by atoms with Crippen LogP contribution < -0.4 is 10.9 Å². The van der Waals surface area contributed by atoms with E-state index in [4.69, 9.17) is 0 Å². The monoisotopic (exact) mass is 434 g/mol. The van der Waals surface area contributed by atoms with Crippen molar-refractivity contribution in [3.05, 3.63) is 80.5 Å². The van der Waals surface area contributed by atoms with Gasteiger partial charge in [0, 0.05) is 25.4 Å². The van der Waals surface area contributed by atoms with Gasteiger partial charge in [0.25, 0.3) is 11.5 Å². The average Bonchev–Trinajstić information content (AvgIpc) is 3.38. The second-order valence-electron chi connectivity index (χ2n) is 7.26. The van der Waals surface area contributed by atoms with Gasteiger partial charge in [0.1, 0.15) is 9.88 Å². The number of nitrogens with one attached hydrogen (secondary N) is 1. The normalized spacial score (nSPS) is 11.0. The van der Waals surface area contributed by atoms with Crippen molar-refractivity contribution in [2.75, 3.05) is 0 Å². The zero-order valence-corrected chi connectivity index (χ0v) is 18.5. The van der Waals surface area contributed by atoms with Gasteiger partial charge in [-0.05, 0) is 38.5 Å². The molecule has 1 aromatic carbocycles. The van der Waals surface area contributed by atoms with Crippen LogP contribution in [-0.2, 0) is 13.6 Å². The SMILES string of the molecule is Cc1nc(-c2c(C)c(C)nn(C)c2=O)sc1C(=O)NCc1cnn(-c2ccccc2)c1. The summed E-state index contributed by atoms with van der Waals surface area (Å²) in [6.07, 6.45) is 3.61. The molecule has 0 radical (unpaired) electrons. The highest BCUT2D eigenvalue weighted by Crippen LogP contribution is 2.28. The van der Waals surface area contributed by atoms with Crippen LogP contribution in [0.15, 0.2) is 47.5 Å². The molecule has 0 aliphatic rings. The lowest BCUT2D eigenvalue weighted by Crippen LogP contribution is -2.23. The molecule has 0 fully saturated rings. The first-order chi connectivity index (χ1) is 14.8. The van der Waals surface area contributed by atoms with Crippen LogP contribution in [0, 0.1) is 20.8 Å². The molecular weight excluding hydrogens is 412 g/mol. The second-order valence-corrected chi connectivity index (χ2v) is 8.26. The van der Waals surface area contributed by atoms with Crippen molar-refractivity contribution in [2.45, 2.75) is 27.3 Å². The molecule has 3 heterocycles.